The summed E-state index contributed by atoms with van der Waals surface area (Å²) in [7, 11) is 1.83. The van der Waals surface area contributed by atoms with Crippen LogP contribution in [0, 0.1) is 5.82 Å². The predicted molar refractivity (Wildman–Crippen MR) is 72.3 cm³/mol. The topological polar surface area (TPSA) is 71.2 Å². The zero-order chi connectivity index (χ0) is 13.8. The van der Waals surface area contributed by atoms with Gasteiger partial charge >= 0.3 is 0 Å². The lowest BCUT2D eigenvalue weighted by molar-refractivity contribution is 0.0953. The van der Waals surface area contributed by atoms with Crippen molar-refractivity contribution in [3.05, 3.63) is 46.2 Å². The fourth-order valence-electron chi connectivity index (χ4n) is 1.59. The highest BCUT2D eigenvalue weighted by Crippen LogP contribution is 2.17. The number of carbonyl (C=O) groups is 1. The first-order valence-electron chi connectivity index (χ1n) is 5.52. The number of benzene rings is 1. The molecule has 0 bridgehead atoms. The van der Waals surface area contributed by atoms with E-state index in [9.17, 15) is 9.18 Å². The standard InChI is InChI=1S/C12H13FN4OS/c1-17(10-4-2-3-8(13)5-10)6-9-7-19-12(15-9)11(18)16-14/h2-5,7H,6,14H2,1H3,(H,16,18). The molecule has 0 atom stereocenters. The van der Waals surface area contributed by atoms with E-state index in [4.69, 9.17) is 5.84 Å². The van der Waals surface area contributed by atoms with Crippen LogP contribution < -0.4 is 16.2 Å². The Balaban J connectivity index is 2.08. The number of anilines is 1. The van der Waals surface area contributed by atoms with Crippen LogP contribution in [0.25, 0.3) is 0 Å². The van der Waals surface area contributed by atoms with Gasteiger partial charge in [0.1, 0.15) is 5.82 Å². The van der Waals surface area contributed by atoms with Crippen molar-refractivity contribution >= 4 is 22.9 Å². The number of thiazole rings is 1. The van der Waals surface area contributed by atoms with E-state index in [2.05, 4.69) is 4.98 Å². The quantitative estimate of drug-likeness (QED) is 0.506. The van der Waals surface area contributed by atoms with Crippen molar-refractivity contribution < 1.29 is 9.18 Å². The van der Waals surface area contributed by atoms with Gasteiger partial charge in [-0.2, -0.15) is 0 Å². The van der Waals surface area contributed by atoms with E-state index < -0.39 is 5.91 Å². The van der Waals surface area contributed by atoms with Gasteiger partial charge in [-0.25, -0.2) is 15.2 Å². The van der Waals surface area contributed by atoms with Crippen LogP contribution in [0.15, 0.2) is 29.6 Å². The first-order valence-corrected chi connectivity index (χ1v) is 6.40. The maximum atomic E-state index is 13.1. The highest BCUT2D eigenvalue weighted by molar-refractivity contribution is 7.11. The summed E-state index contributed by atoms with van der Waals surface area (Å²) in [6.07, 6.45) is 0. The summed E-state index contributed by atoms with van der Waals surface area (Å²) >= 11 is 1.22. The minimum atomic E-state index is -0.412. The monoisotopic (exact) mass is 280 g/mol. The van der Waals surface area contributed by atoms with Crippen molar-refractivity contribution in [2.45, 2.75) is 6.54 Å². The summed E-state index contributed by atoms with van der Waals surface area (Å²) in [6, 6.07) is 6.29. The number of nitrogens with zero attached hydrogens (tertiary/aromatic N) is 2. The van der Waals surface area contributed by atoms with Crippen LogP contribution in [0.5, 0.6) is 0 Å². The van der Waals surface area contributed by atoms with Gasteiger partial charge in [0.15, 0.2) is 5.01 Å². The number of nitrogens with one attached hydrogen (secondary N) is 1. The molecule has 0 saturated carbocycles. The SMILES string of the molecule is CN(Cc1csc(C(=O)NN)n1)c1cccc(F)c1. The number of nitrogen functional groups attached to an aromatic ring is 1. The Morgan fingerprint density at radius 3 is 3.05 bits per heavy atom. The Labute approximate surface area is 113 Å². The van der Waals surface area contributed by atoms with Gasteiger partial charge in [0, 0.05) is 18.1 Å². The van der Waals surface area contributed by atoms with Crippen LogP contribution in [0.3, 0.4) is 0 Å². The molecule has 1 heterocycles. The van der Waals surface area contributed by atoms with Gasteiger partial charge in [-0.05, 0) is 18.2 Å². The second-order valence-electron chi connectivity index (χ2n) is 3.95. The maximum Gasteiger partial charge on any atom is 0.294 e. The molecule has 0 radical (unpaired) electrons. The van der Waals surface area contributed by atoms with Crippen molar-refractivity contribution in [3.63, 3.8) is 0 Å². The van der Waals surface area contributed by atoms with E-state index >= 15 is 0 Å². The lowest BCUT2D eigenvalue weighted by Crippen LogP contribution is -2.30. The number of halogens is 1. The first kappa shape index (κ1) is 13.4. The largest absolute Gasteiger partial charge is 0.369 e. The highest BCUT2D eigenvalue weighted by atomic mass is 32.1. The third-order valence-corrected chi connectivity index (χ3v) is 3.42. The smallest absolute Gasteiger partial charge is 0.294 e. The van der Waals surface area contributed by atoms with E-state index in [0.717, 1.165) is 11.4 Å². The molecule has 0 unspecified atom stereocenters. The molecule has 2 aromatic rings. The normalized spacial score (nSPS) is 10.3. The number of rotatable bonds is 4. The van der Waals surface area contributed by atoms with E-state index in [1.54, 1.807) is 11.4 Å². The Bertz CT molecular complexity index is 587. The van der Waals surface area contributed by atoms with Gasteiger partial charge in [0.25, 0.3) is 5.91 Å². The molecule has 19 heavy (non-hydrogen) atoms. The molecule has 100 valence electrons. The van der Waals surface area contributed by atoms with Crippen LogP contribution in [0.4, 0.5) is 10.1 Å². The number of hydrogen-bond acceptors (Lipinski definition) is 5. The summed E-state index contributed by atoms with van der Waals surface area (Å²) in [6.45, 7) is 0.484. The molecule has 7 heteroatoms. The Kier molecular flexibility index (Phi) is 4.08. The van der Waals surface area contributed by atoms with E-state index in [0.29, 0.717) is 11.6 Å². The van der Waals surface area contributed by atoms with Crippen LogP contribution in [-0.2, 0) is 6.54 Å². The van der Waals surface area contributed by atoms with Gasteiger partial charge in [-0.3, -0.25) is 10.2 Å². The minimum absolute atomic E-state index is 0.286. The minimum Gasteiger partial charge on any atom is -0.369 e. The number of amides is 1. The van der Waals surface area contributed by atoms with Gasteiger partial charge in [0.05, 0.1) is 12.2 Å². The maximum absolute atomic E-state index is 13.1. The Morgan fingerprint density at radius 1 is 1.58 bits per heavy atom. The molecule has 0 aliphatic heterocycles. The molecule has 2 rings (SSSR count). The van der Waals surface area contributed by atoms with E-state index in [1.165, 1.54) is 23.5 Å². The van der Waals surface area contributed by atoms with Crippen LogP contribution in [-0.4, -0.2) is 17.9 Å². The molecule has 1 aromatic carbocycles. The van der Waals surface area contributed by atoms with Crippen LogP contribution in [0.2, 0.25) is 0 Å². The van der Waals surface area contributed by atoms with Crippen molar-refractivity contribution in [2.24, 2.45) is 5.84 Å². The molecule has 0 spiro atoms. The van der Waals surface area contributed by atoms with Gasteiger partial charge < -0.3 is 4.90 Å². The zero-order valence-corrected chi connectivity index (χ0v) is 11.1. The molecule has 0 aliphatic carbocycles. The number of hydrazine groups is 1. The molecular formula is C12H13FN4OS. The number of hydrogen-bond donors (Lipinski definition) is 2. The third-order valence-electron chi connectivity index (χ3n) is 2.53. The second-order valence-corrected chi connectivity index (χ2v) is 4.81. The highest BCUT2D eigenvalue weighted by Gasteiger charge is 2.11. The average Bonchev–Trinajstić information content (AvgIpc) is 2.86. The van der Waals surface area contributed by atoms with Gasteiger partial charge in [0.2, 0.25) is 0 Å². The molecule has 0 aliphatic rings. The summed E-state index contributed by atoms with van der Waals surface area (Å²) in [5.74, 6) is 4.34. The lowest BCUT2D eigenvalue weighted by atomic mass is 10.3. The fraction of sp³-hybridized carbons (Fsp3) is 0.167. The summed E-state index contributed by atoms with van der Waals surface area (Å²) in [5, 5.41) is 2.09. The van der Waals surface area contributed by atoms with Crippen LogP contribution >= 0.6 is 11.3 Å². The molecule has 0 fully saturated rings. The molecule has 1 amide bonds. The summed E-state index contributed by atoms with van der Waals surface area (Å²) in [5.41, 5.74) is 3.51. The molecule has 5 nitrogen and oxygen atoms in total. The lowest BCUT2D eigenvalue weighted by Gasteiger charge is -2.17. The third kappa shape index (κ3) is 3.27. The zero-order valence-electron chi connectivity index (χ0n) is 10.3. The molecule has 0 saturated heterocycles. The number of nitrogens with two attached hydrogens (primary N) is 1. The first-order chi connectivity index (χ1) is 9.10. The second kappa shape index (κ2) is 5.77. The van der Waals surface area contributed by atoms with Crippen molar-refractivity contribution in [2.75, 3.05) is 11.9 Å². The number of carbonyl (C=O) groups excluding carboxylic acids is 1. The van der Waals surface area contributed by atoms with Crippen LogP contribution in [0.1, 0.15) is 15.5 Å². The fourth-order valence-corrected chi connectivity index (χ4v) is 2.30. The summed E-state index contributed by atoms with van der Waals surface area (Å²) < 4.78 is 13.1. The molecule has 1 aromatic heterocycles. The van der Waals surface area contributed by atoms with Crippen molar-refractivity contribution in [1.29, 1.82) is 0 Å². The van der Waals surface area contributed by atoms with E-state index in [-0.39, 0.29) is 5.82 Å². The summed E-state index contributed by atoms with van der Waals surface area (Å²) in [4.78, 5) is 17.3. The number of aromatic nitrogens is 1. The van der Waals surface area contributed by atoms with Crippen molar-refractivity contribution in [3.8, 4) is 0 Å². The molecule has 3 N–H and O–H groups in total. The Hall–Kier alpha value is -1.99. The molecular weight excluding hydrogens is 267 g/mol. The average molecular weight is 280 g/mol. The Morgan fingerprint density at radius 2 is 2.37 bits per heavy atom. The van der Waals surface area contributed by atoms with Crippen molar-refractivity contribution in [1.82, 2.24) is 10.4 Å². The van der Waals surface area contributed by atoms with Gasteiger partial charge in [-0.1, -0.05) is 6.07 Å². The van der Waals surface area contributed by atoms with E-state index in [1.807, 2.05) is 23.4 Å². The predicted octanol–water partition coefficient (Wildman–Crippen LogP) is 1.52. The van der Waals surface area contributed by atoms with Gasteiger partial charge in [-0.15, -0.1) is 11.3 Å².